The Morgan fingerprint density at radius 1 is 1.15 bits per heavy atom. The molecule has 1 fully saturated rings. The molecule has 1 aromatic rings. The first-order valence-corrected chi connectivity index (χ1v) is 7.87. The Bertz CT molecular complexity index is 463. The second kappa shape index (κ2) is 6.43. The molecule has 110 valence electrons. The first-order chi connectivity index (χ1) is 9.52. The molecule has 0 atom stereocenters. The van der Waals surface area contributed by atoms with Crippen LogP contribution < -0.4 is 5.32 Å². The van der Waals surface area contributed by atoms with Gasteiger partial charge in [-0.25, -0.2) is 0 Å². The van der Waals surface area contributed by atoms with E-state index in [0.717, 1.165) is 0 Å². The summed E-state index contributed by atoms with van der Waals surface area (Å²) >= 11 is 0. The minimum atomic E-state index is 0.146. The fourth-order valence-corrected chi connectivity index (χ4v) is 3.00. The lowest BCUT2D eigenvalue weighted by atomic mass is 9.84. The number of aliphatic imine (C=N–C) groups is 1. The summed E-state index contributed by atoms with van der Waals surface area (Å²) in [6.45, 7) is 6.77. The van der Waals surface area contributed by atoms with Gasteiger partial charge in [0.25, 0.3) is 0 Å². The van der Waals surface area contributed by atoms with Gasteiger partial charge in [-0.2, -0.15) is 0 Å². The summed E-state index contributed by atoms with van der Waals surface area (Å²) in [7, 11) is 2.00. The first-order valence-electron chi connectivity index (χ1n) is 7.87. The van der Waals surface area contributed by atoms with Gasteiger partial charge in [-0.1, -0.05) is 58.2 Å². The standard InChI is InChI=1S/C18H28N2/c1-18(2,3)16-12-8-9-14(17(16)19-4)13-20-15-10-6-5-7-11-15/h8-9,12-13,15,19H,5-7,10-11H2,1-4H3. The third kappa shape index (κ3) is 3.62. The number of benzene rings is 1. The van der Waals surface area contributed by atoms with Crippen molar-refractivity contribution >= 4 is 11.9 Å². The van der Waals surface area contributed by atoms with Crippen molar-refractivity contribution in [3.05, 3.63) is 29.3 Å². The normalized spacial score (nSPS) is 17.6. The molecule has 2 heteroatoms. The predicted molar refractivity (Wildman–Crippen MR) is 89.2 cm³/mol. The maximum Gasteiger partial charge on any atom is 0.0499 e. The van der Waals surface area contributed by atoms with Crippen LogP contribution in [0.3, 0.4) is 0 Å². The summed E-state index contributed by atoms with van der Waals surface area (Å²) in [5.41, 5.74) is 3.94. The van der Waals surface area contributed by atoms with Crippen LogP contribution in [0.5, 0.6) is 0 Å². The molecular formula is C18H28N2. The van der Waals surface area contributed by atoms with Gasteiger partial charge in [0.15, 0.2) is 0 Å². The Morgan fingerprint density at radius 3 is 2.45 bits per heavy atom. The zero-order valence-electron chi connectivity index (χ0n) is 13.4. The molecule has 0 saturated heterocycles. The molecule has 1 N–H and O–H groups in total. The van der Waals surface area contributed by atoms with E-state index in [-0.39, 0.29) is 5.41 Å². The number of rotatable bonds is 3. The zero-order valence-corrected chi connectivity index (χ0v) is 13.4. The third-order valence-corrected chi connectivity index (χ3v) is 4.15. The van der Waals surface area contributed by atoms with Crippen molar-refractivity contribution in [3.63, 3.8) is 0 Å². The summed E-state index contributed by atoms with van der Waals surface area (Å²) in [4.78, 5) is 4.82. The summed E-state index contributed by atoms with van der Waals surface area (Å²) < 4.78 is 0. The molecule has 0 aromatic heterocycles. The molecule has 1 aromatic carbocycles. The lowest BCUT2D eigenvalue weighted by Crippen LogP contribution is -2.15. The van der Waals surface area contributed by atoms with Crippen molar-refractivity contribution < 1.29 is 0 Å². The Hall–Kier alpha value is -1.31. The topological polar surface area (TPSA) is 24.4 Å². The van der Waals surface area contributed by atoms with Gasteiger partial charge in [0.2, 0.25) is 0 Å². The van der Waals surface area contributed by atoms with E-state index in [9.17, 15) is 0 Å². The highest BCUT2D eigenvalue weighted by molar-refractivity contribution is 5.89. The van der Waals surface area contributed by atoms with E-state index < -0.39 is 0 Å². The molecule has 0 unspecified atom stereocenters. The number of para-hydroxylation sites is 1. The van der Waals surface area contributed by atoms with E-state index in [4.69, 9.17) is 4.99 Å². The summed E-state index contributed by atoms with van der Waals surface area (Å²) in [6.07, 6.45) is 8.64. The highest BCUT2D eigenvalue weighted by Gasteiger charge is 2.19. The maximum atomic E-state index is 4.82. The molecule has 1 saturated carbocycles. The van der Waals surface area contributed by atoms with Gasteiger partial charge < -0.3 is 5.32 Å². The molecule has 1 aliphatic rings. The van der Waals surface area contributed by atoms with Crippen LogP contribution in [0.4, 0.5) is 5.69 Å². The average molecular weight is 272 g/mol. The third-order valence-electron chi connectivity index (χ3n) is 4.15. The second-order valence-electron chi connectivity index (χ2n) is 6.84. The Kier molecular flexibility index (Phi) is 4.85. The van der Waals surface area contributed by atoms with Crippen molar-refractivity contribution in [1.82, 2.24) is 0 Å². The number of hydrogen-bond acceptors (Lipinski definition) is 2. The second-order valence-corrected chi connectivity index (χ2v) is 6.84. The molecule has 0 bridgehead atoms. The van der Waals surface area contributed by atoms with Crippen molar-refractivity contribution in [1.29, 1.82) is 0 Å². The first kappa shape index (κ1) is 15.1. The molecule has 1 aliphatic carbocycles. The van der Waals surface area contributed by atoms with Gasteiger partial charge in [0, 0.05) is 30.6 Å². The molecule has 0 amide bonds. The number of nitrogens with one attached hydrogen (secondary N) is 1. The van der Waals surface area contributed by atoms with Gasteiger partial charge in [0.1, 0.15) is 0 Å². The quantitative estimate of drug-likeness (QED) is 0.787. The van der Waals surface area contributed by atoms with Gasteiger partial charge >= 0.3 is 0 Å². The van der Waals surface area contributed by atoms with Crippen molar-refractivity contribution in [2.75, 3.05) is 12.4 Å². The highest BCUT2D eigenvalue weighted by atomic mass is 14.8. The van der Waals surface area contributed by atoms with Crippen molar-refractivity contribution in [3.8, 4) is 0 Å². The van der Waals surface area contributed by atoms with E-state index in [1.165, 1.54) is 48.9 Å². The minimum Gasteiger partial charge on any atom is -0.387 e. The molecule has 0 radical (unpaired) electrons. The van der Waals surface area contributed by atoms with Crippen LogP contribution in [0.25, 0.3) is 0 Å². The van der Waals surface area contributed by atoms with E-state index >= 15 is 0 Å². The van der Waals surface area contributed by atoms with E-state index in [1.807, 2.05) is 7.05 Å². The molecule has 0 aliphatic heterocycles. The molecule has 20 heavy (non-hydrogen) atoms. The van der Waals surface area contributed by atoms with E-state index in [0.29, 0.717) is 6.04 Å². The summed E-state index contributed by atoms with van der Waals surface area (Å²) in [5, 5.41) is 3.37. The van der Waals surface area contributed by atoms with Gasteiger partial charge in [-0.15, -0.1) is 0 Å². The van der Waals surface area contributed by atoms with Gasteiger partial charge in [0.05, 0.1) is 0 Å². The Labute approximate surface area is 123 Å². The SMILES string of the molecule is CNc1c(C=NC2CCCCC2)cccc1C(C)(C)C. The Balaban J connectivity index is 2.25. The Morgan fingerprint density at radius 2 is 1.85 bits per heavy atom. The molecule has 0 heterocycles. The highest BCUT2D eigenvalue weighted by Crippen LogP contribution is 2.31. The molecule has 2 nitrogen and oxygen atoms in total. The van der Waals surface area contributed by atoms with E-state index in [1.54, 1.807) is 0 Å². The van der Waals surface area contributed by atoms with Crippen LogP contribution in [0.1, 0.15) is 64.0 Å². The lowest BCUT2D eigenvalue weighted by molar-refractivity contribution is 0.444. The fourth-order valence-electron chi connectivity index (χ4n) is 3.00. The smallest absolute Gasteiger partial charge is 0.0499 e. The molecular weight excluding hydrogens is 244 g/mol. The van der Waals surface area contributed by atoms with E-state index in [2.05, 4.69) is 50.5 Å². The van der Waals surface area contributed by atoms with Gasteiger partial charge in [-0.05, 0) is 23.8 Å². The summed E-state index contributed by atoms with van der Waals surface area (Å²) in [5.74, 6) is 0. The molecule has 2 rings (SSSR count). The summed E-state index contributed by atoms with van der Waals surface area (Å²) in [6, 6.07) is 7.05. The van der Waals surface area contributed by atoms with Crippen LogP contribution in [0, 0.1) is 0 Å². The van der Waals surface area contributed by atoms with Crippen LogP contribution in [0.15, 0.2) is 23.2 Å². The largest absolute Gasteiger partial charge is 0.387 e. The number of nitrogens with zero attached hydrogens (tertiary/aromatic N) is 1. The van der Waals surface area contributed by atoms with Crippen molar-refractivity contribution in [2.24, 2.45) is 4.99 Å². The van der Waals surface area contributed by atoms with Crippen LogP contribution in [0.2, 0.25) is 0 Å². The van der Waals surface area contributed by atoms with Crippen LogP contribution in [-0.4, -0.2) is 19.3 Å². The van der Waals surface area contributed by atoms with Crippen molar-refractivity contribution in [2.45, 2.75) is 64.3 Å². The lowest BCUT2D eigenvalue weighted by Gasteiger charge is -2.24. The van der Waals surface area contributed by atoms with Crippen LogP contribution in [-0.2, 0) is 5.41 Å². The maximum absolute atomic E-state index is 4.82. The number of anilines is 1. The monoisotopic (exact) mass is 272 g/mol. The minimum absolute atomic E-state index is 0.146. The fraction of sp³-hybridized carbons (Fsp3) is 0.611. The number of hydrogen-bond donors (Lipinski definition) is 1. The average Bonchev–Trinajstić information content (AvgIpc) is 2.44. The molecule has 0 spiro atoms. The van der Waals surface area contributed by atoms with Crippen LogP contribution >= 0.6 is 0 Å². The zero-order chi connectivity index (χ0) is 14.6. The van der Waals surface area contributed by atoms with Gasteiger partial charge in [-0.3, -0.25) is 4.99 Å². The predicted octanol–water partition coefficient (Wildman–Crippen LogP) is 4.78.